The number of nitrogens with two attached hydrogens (primary N) is 1. The minimum atomic E-state index is -0.263. The highest BCUT2D eigenvalue weighted by molar-refractivity contribution is 5.89. The number of hydrogen-bond acceptors (Lipinski definition) is 4. The number of rotatable bonds is 10. The molecule has 1 aromatic rings. The van der Waals surface area contributed by atoms with Crippen molar-refractivity contribution in [3.8, 4) is 0 Å². The first-order valence-electron chi connectivity index (χ1n) is 7.31. The molecule has 0 amide bonds. The second-order valence-corrected chi connectivity index (χ2v) is 4.73. The lowest BCUT2D eigenvalue weighted by atomic mass is 10.1. The molecular weight excluding hydrogens is 254 g/mol. The molecule has 0 spiro atoms. The Balaban J connectivity index is 2.26. The number of unbranched alkanes of at least 4 members (excludes halogenated alkanes) is 2. The van der Waals surface area contributed by atoms with Crippen LogP contribution in [0.4, 0.5) is 0 Å². The Labute approximate surface area is 121 Å². The van der Waals surface area contributed by atoms with Crippen LogP contribution in [-0.2, 0) is 16.1 Å². The molecule has 0 aliphatic rings. The van der Waals surface area contributed by atoms with Crippen LogP contribution in [0.2, 0.25) is 0 Å². The zero-order chi connectivity index (χ0) is 14.6. The van der Waals surface area contributed by atoms with Gasteiger partial charge in [-0.1, -0.05) is 19.1 Å². The van der Waals surface area contributed by atoms with Gasteiger partial charge in [-0.25, -0.2) is 4.79 Å². The van der Waals surface area contributed by atoms with E-state index in [0.717, 1.165) is 44.4 Å². The molecule has 2 N–H and O–H groups in total. The van der Waals surface area contributed by atoms with Crippen molar-refractivity contribution < 1.29 is 14.3 Å². The molecule has 20 heavy (non-hydrogen) atoms. The third kappa shape index (κ3) is 6.68. The first kappa shape index (κ1) is 16.7. The van der Waals surface area contributed by atoms with Crippen molar-refractivity contribution in [3.05, 3.63) is 35.4 Å². The summed E-state index contributed by atoms with van der Waals surface area (Å²) in [7, 11) is 0. The predicted octanol–water partition coefficient (Wildman–Crippen LogP) is 2.90. The molecule has 0 unspecified atom stereocenters. The molecule has 0 aliphatic heterocycles. The van der Waals surface area contributed by atoms with Crippen LogP contribution in [0.3, 0.4) is 0 Å². The molecule has 4 heteroatoms. The van der Waals surface area contributed by atoms with Gasteiger partial charge in [-0.2, -0.15) is 0 Å². The Morgan fingerprint density at radius 1 is 1.10 bits per heavy atom. The van der Waals surface area contributed by atoms with Gasteiger partial charge in [0.1, 0.15) is 0 Å². The van der Waals surface area contributed by atoms with Crippen molar-refractivity contribution in [1.82, 2.24) is 0 Å². The fourth-order valence-electron chi connectivity index (χ4n) is 1.73. The van der Waals surface area contributed by atoms with Crippen LogP contribution in [-0.4, -0.2) is 25.7 Å². The van der Waals surface area contributed by atoms with E-state index in [1.165, 1.54) is 0 Å². The molecule has 0 saturated carbocycles. The van der Waals surface area contributed by atoms with Crippen molar-refractivity contribution in [3.63, 3.8) is 0 Å². The molecule has 0 bridgehead atoms. The monoisotopic (exact) mass is 279 g/mol. The van der Waals surface area contributed by atoms with Crippen LogP contribution in [0.1, 0.15) is 48.5 Å². The molecule has 112 valence electrons. The highest BCUT2D eigenvalue weighted by Gasteiger charge is 2.05. The maximum absolute atomic E-state index is 11.6. The zero-order valence-corrected chi connectivity index (χ0v) is 12.3. The largest absolute Gasteiger partial charge is 0.462 e. The molecule has 0 aromatic heterocycles. The summed E-state index contributed by atoms with van der Waals surface area (Å²) in [5.74, 6) is -0.263. The number of carbonyl (C=O) groups excluding carboxylic acids is 1. The third-order valence-electron chi connectivity index (χ3n) is 2.89. The molecular formula is C16H25NO3. The highest BCUT2D eigenvalue weighted by Crippen LogP contribution is 2.08. The first-order valence-corrected chi connectivity index (χ1v) is 7.31. The van der Waals surface area contributed by atoms with Crippen molar-refractivity contribution in [2.75, 3.05) is 19.8 Å². The summed E-state index contributed by atoms with van der Waals surface area (Å²) in [5, 5.41) is 0. The summed E-state index contributed by atoms with van der Waals surface area (Å²) >= 11 is 0. The van der Waals surface area contributed by atoms with E-state index < -0.39 is 0 Å². The van der Waals surface area contributed by atoms with E-state index in [9.17, 15) is 4.79 Å². The molecule has 0 fully saturated rings. The Morgan fingerprint density at radius 2 is 1.85 bits per heavy atom. The Morgan fingerprint density at radius 3 is 2.50 bits per heavy atom. The van der Waals surface area contributed by atoms with E-state index in [1.807, 2.05) is 19.1 Å². The summed E-state index contributed by atoms with van der Waals surface area (Å²) in [4.78, 5) is 11.6. The Kier molecular flexibility index (Phi) is 8.67. The average molecular weight is 279 g/mol. The van der Waals surface area contributed by atoms with Crippen LogP contribution >= 0.6 is 0 Å². The maximum atomic E-state index is 11.6. The molecule has 0 saturated heterocycles. The van der Waals surface area contributed by atoms with Gasteiger partial charge >= 0.3 is 5.97 Å². The molecule has 0 heterocycles. The van der Waals surface area contributed by atoms with Gasteiger partial charge in [0.2, 0.25) is 0 Å². The summed E-state index contributed by atoms with van der Waals surface area (Å²) in [6, 6.07) is 7.38. The molecule has 0 radical (unpaired) electrons. The molecule has 0 atom stereocenters. The normalized spacial score (nSPS) is 10.5. The fraction of sp³-hybridized carbons (Fsp3) is 0.562. The van der Waals surface area contributed by atoms with Crippen LogP contribution in [0.15, 0.2) is 24.3 Å². The molecule has 1 aromatic carbocycles. The fourth-order valence-corrected chi connectivity index (χ4v) is 1.73. The quantitative estimate of drug-likeness (QED) is 0.528. The van der Waals surface area contributed by atoms with Gasteiger partial charge in [0, 0.05) is 6.61 Å². The van der Waals surface area contributed by atoms with Crippen molar-refractivity contribution >= 4 is 5.97 Å². The summed E-state index contributed by atoms with van der Waals surface area (Å²) in [6.07, 6.45) is 4.04. The number of ether oxygens (including phenoxy) is 2. The Bertz CT molecular complexity index is 376. The Hall–Kier alpha value is -1.39. The van der Waals surface area contributed by atoms with Gasteiger partial charge in [0.25, 0.3) is 0 Å². The summed E-state index contributed by atoms with van der Waals surface area (Å²) < 4.78 is 10.6. The van der Waals surface area contributed by atoms with E-state index in [0.29, 0.717) is 18.8 Å². The van der Waals surface area contributed by atoms with Gasteiger partial charge in [-0.05, 0) is 49.9 Å². The van der Waals surface area contributed by atoms with Crippen molar-refractivity contribution in [1.29, 1.82) is 0 Å². The van der Waals surface area contributed by atoms with Gasteiger partial charge < -0.3 is 15.2 Å². The van der Waals surface area contributed by atoms with Crippen LogP contribution in [0.5, 0.6) is 0 Å². The number of hydrogen-bond donors (Lipinski definition) is 1. The standard InChI is InChI=1S/C16H25NO3/c1-2-11-20-16(18)15-8-6-14(7-9-15)13-19-12-5-3-4-10-17/h6-9H,2-5,10-13,17H2,1H3. The molecule has 1 rings (SSSR count). The maximum Gasteiger partial charge on any atom is 0.338 e. The average Bonchev–Trinajstić information content (AvgIpc) is 2.49. The van der Waals surface area contributed by atoms with Gasteiger partial charge in [-0.3, -0.25) is 0 Å². The van der Waals surface area contributed by atoms with Crippen molar-refractivity contribution in [2.45, 2.75) is 39.2 Å². The SMILES string of the molecule is CCCOC(=O)c1ccc(COCCCCCN)cc1. The van der Waals surface area contributed by atoms with E-state index in [2.05, 4.69) is 0 Å². The third-order valence-corrected chi connectivity index (χ3v) is 2.89. The number of esters is 1. The molecule has 4 nitrogen and oxygen atoms in total. The van der Waals surface area contributed by atoms with Crippen molar-refractivity contribution in [2.24, 2.45) is 5.73 Å². The number of benzene rings is 1. The topological polar surface area (TPSA) is 61.5 Å². The van der Waals surface area contributed by atoms with Gasteiger partial charge in [0.15, 0.2) is 0 Å². The lowest BCUT2D eigenvalue weighted by Gasteiger charge is -2.06. The minimum Gasteiger partial charge on any atom is -0.462 e. The summed E-state index contributed by atoms with van der Waals surface area (Å²) in [5.41, 5.74) is 7.08. The van der Waals surface area contributed by atoms with Crippen LogP contribution < -0.4 is 5.73 Å². The predicted molar refractivity (Wildman–Crippen MR) is 79.6 cm³/mol. The van der Waals surface area contributed by atoms with E-state index in [-0.39, 0.29) is 5.97 Å². The van der Waals surface area contributed by atoms with E-state index in [1.54, 1.807) is 12.1 Å². The lowest BCUT2D eigenvalue weighted by Crippen LogP contribution is -2.06. The lowest BCUT2D eigenvalue weighted by molar-refractivity contribution is 0.0505. The minimum absolute atomic E-state index is 0.263. The van der Waals surface area contributed by atoms with Crippen LogP contribution in [0.25, 0.3) is 0 Å². The smallest absolute Gasteiger partial charge is 0.338 e. The summed E-state index contributed by atoms with van der Waals surface area (Å²) in [6.45, 7) is 4.51. The van der Waals surface area contributed by atoms with Gasteiger partial charge in [0.05, 0.1) is 18.8 Å². The molecule has 0 aliphatic carbocycles. The first-order chi connectivity index (χ1) is 9.77. The second kappa shape index (κ2) is 10.4. The van der Waals surface area contributed by atoms with Crippen LogP contribution in [0, 0.1) is 0 Å². The number of carbonyl (C=O) groups is 1. The second-order valence-electron chi connectivity index (χ2n) is 4.73. The zero-order valence-electron chi connectivity index (χ0n) is 12.3. The van der Waals surface area contributed by atoms with E-state index in [4.69, 9.17) is 15.2 Å². The van der Waals surface area contributed by atoms with Gasteiger partial charge in [-0.15, -0.1) is 0 Å². The van der Waals surface area contributed by atoms with E-state index >= 15 is 0 Å². The highest BCUT2D eigenvalue weighted by atomic mass is 16.5.